The van der Waals surface area contributed by atoms with Crippen LogP contribution < -0.4 is 4.90 Å². The van der Waals surface area contributed by atoms with Gasteiger partial charge in [0.15, 0.2) is 0 Å². The maximum atomic E-state index is 12.6. The zero-order valence-corrected chi connectivity index (χ0v) is 15.3. The number of esters is 1. The molecule has 0 amide bonds. The van der Waals surface area contributed by atoms with Crippen LogP contribution >= 0.6 is 0 Å². The fraction of sp³-hybridized carbons (Fsp3) is 0.350. The van der Waals surface area contributed by atoms with Crippen molar-refractivity contribution in [3.63, 3.8) is 0 Å². The summed E-state index contributed by atoms with van der Waals surface area (Å²) in [5.74, 6) is -0.229. The molecule has 142 valence electrons. The van der Waals surface area contributed by atoms with Crippen molar-refractivity contribution in [1.29, 1.82) is 0 Å². The van der Waals surface area contributed by atoms with Crippen molar-refractivity contribution in [3.8, 4) is 0 Å². The third kappa shape index (κ3) is 4.43. The first kappa shape index (κ1) is 18.8. The monoisotopic (exact) mass is 369 g/mol. The Hall–Kier alpha value is -2.93. The minimum Gasteiger partial charge on any atom is -0.465 e. The fourth-order valence-corrected chi connectivity index (χ4v) is 3.38. The third-order valence-electron chi connectivity index (χ3n) is 4.73. The molecule has 1 atom stereocenters. The van der Waals surface area contributed by atoms with Gasteiger partial charge in [-0.05, 0) is 24.6 Å². The lowest BCUT2D eigenvalue weighted by molar-refractivity contribution is -0.384. The Kier molecular flexibility index (Phi) is 6.03. The highest BCUT2D eigenvalue weighted by atomic mass is 16.6. The lowest BCUT2D eigenvalue weighted by atomic mass is 10.0. The van der Waals surface area contributed by atoms with Gasteiger partial charge in [-0.2, -0.15) is 0 Å². The first-order valence-electron chi connectivity index (χ1n) is 9.05. The van der Waals surface area contributed by atoms with Crippen LogP contribution in [-0.2, 0) is 9.53 Å². The number of piperazine rings is 1. The Bertz CT molecular complexity index is 772. The number of hydrogen-bond donors (Lipinski definition) is 0. The Morgan fingerprint density at radius 1 is 1.07 bits per heavy atom. The van der Waals surface area contributed by atoms with Gasteiger partial charge in [0.1, 0.15) is 6.04 Å². The number of carbonyl (C=O) groups excluding carboxylic acids is 1. The smallest absolute Gasteiger partial charge is 0.328 e. The Labute approximate surface area is 158 Å². The van der Waals surface area contributed by atoms with Crippen molar-refractivity contribution in [2.45, 2.75) is 13.0 Å². The van der Waals surface area contributed by atoms with E-state index in [1.165, 1.54) is 12.1 Å². The van der Waals surface area contributed by atoms with E-state index in [0.29, 0.717) is 19.7 Å². The lowest BCUT2D eigenvalue weighted by Crippen LogP contribution is -2.49. The van der Waals surface area contributed by atoms with Gasteiger partial charge in [0.25, 0.3) is 5.69 Å². The van der Waals surface area contributed by atoms with Gasteiger partial charge < -0.3 is 9.64 Å². The van der Waals surface area contributed by atoms with Crippen molar-refractivity contribution < 1.29 is 14.5 Å². The number of anilines is 1. The van der Waals surface area contributed by atoms with Crippen LogP contribution in [0.4, 0.5) is 11.4 Å². The number of non-ortho nitro benzene ring substituents is 1. The number of hydrogen-bond acceptors (Lipinski definition) is 6. The van der Waals surface area contributed by atoms with Crippen molar-refractivity contribution in [2.75, 3.05) is 37.7 Å². The molecular formula is C20H23N3O4. The van der Waals surface area contributed by atoms with Crippen LogP contribution in [0.1, 0.15) is 18.5 Å². The van der Waals surface area contributed by atoms with Crippen LogP contribution in [0, 0.1) is 10.1 Å². The first-order valence-corrected chi connectivity index (χ1v) is 9.05. The van der Waals surface area contributed by atoms with E-state index in [4.69, 9.17) is 4.74 Å². The largest absolute Gasteiger partial charge is 0.465 e. The molecule has 1 heterocycles. The summed E-state index contributed by atoms with van der Waals surface area (Å²) in [7, 11) is 0. The molecular weight excluding hydrogens is 346 g/mol. The van der Waals surface area contributed by atoms with Gasteiger partial charge in [0.2, 0.25) is 0 Å². The number of carbonyl (C=O) groups is 1. The molecule has 3 rings (SSSR count). The zero-order valence-electron chi connectivity index (χ0n) is 15.3. The van der Waals surface area contributed by atoms with E-state index in [1.54, 1.807) is 12.1 Å². The lowest BCUT2D eigenvalue weighted by Gasteiger charge is -2.39. The van der Waals surface area contributed by atoms with Gasteiger partial charge in [0, 0.05) is 44.0 Å². The van der Waals surface area contributed by atoms with Gasteiger partial charge >= 0.3 is 5.97 Å². The molecule has 7 heteroatoms. The predicted octanol–water partition coefficient (Wildman–Crippen LogP) is 3.02. The van der Waals surface area contributed by atoms with E-state index in [0.717, 1.165) is 24.3 Å². The van der Waals surface area contributed by atoms with Crippen molar-refractivity contribution in [3.05, 3.63) is 70.3 Å². The second-order valence-corrected chi connectivity index (χ2v) is 6.36. The van der Waals surface area contributed by atoms with Crippen LogP contribution in [-0.4, -0.2) is 48.6 Å². The Morgan fingerprint density at radius 3 is 2.26 bits per heavy atom. The van der Waals surface area contributed by atoms with E-state index in [-0.39, 0.29) is 11.7 Å². The minimum atomic E-state index is -0.412. The summed E-state index contributed by atoms with van der Waals surface area (Å²) in [5, 5.41) is 10.8. The molecule has 2 aromatic rings. The summed E-state index contributed by atoms with van der Waals surface area (Å²) in [4.78, 5) is 27.3. The van der Waals surface area contributed by atoms with Gasteiger partial charge in [-0.25, -0.2) is 4.79 Å². The first-order chi connectivity index (χ1) is 13.1. The summed E-state index contributed by atoms with van der Waals surface area (Å²) in [6.07, 6.45) is 0. The summed E-state index contributed by atoms with van der Waals surface area (Å²) in [6, 6.07) is 15.9. The van der Waals surface area contributed by atoms with E-state index in [1.807, 2.05) is 37.3 Å². The number of nitrogens with zero attached hydrogens (tertiary/aromatic N) is 3. The molecule has 0 aromatic heterocycles. The number of rotatable bonds is 6. The molecule has 1 aliphatic rings. The number of nitro benzene ring substituents is 1. The molecule has 1 unspecified atom stereocenters. The Balaban J connectivity index is 1.70. The highest BCUT2D eigenvalue weighted by molar-refractivity contribution is 5.77. The zero-order chi connectivity index (χ0) is 19.2. The molecule has 2 aromatic carbocycles. The summed E-state index contributed by atoms with van der Waals surface area (Å²) in [5.41, 5.74) is 1.97. The minimum absolute atomic E-state index is 0.0869. The molecule has 1 aliphatic heterocycles. The molecule has 1 fully saturated rings. The van der Waals surface area contributed by atoms with E-state index in [2.05, 4.69) is 9.80 Å². The van der Waals surface area contributed by atoms with Crippen molar-refractivity contribution in [2.24, 2.45) is 0 Å². The highest BCUT2D eigenvalue weighted by Gasteiger charge is 2.31. The molecule has 7 nitrogen and oxygen atoms in total. The molecule has 0 N–H and O–H groups in total. The quantitative estimate of drug-likeness (QED) is 0.443. The summed E-state index contributed by atoms with van der Waals surface area (Å²) >= 11 is 0. The predicted molar refractivity (Wildman–Crippen MR) is 103 cm³/mol. The van der Waals surface area contributed by atoms with Crippen LogP contribution in [0.5, 0.6) is 0 Å². The molecule has 1 saturated heterocycles. The highest BCUT2D eigenvalue weighted by Crippen LogP contribution is 2.26. The molecule has 0 spiro atoms. The van der Waals surface area contributed by atoms with Crippen LogP contribution in [0.3, 0.4) is 0 Å². The third-order valence-corrected chi connectivity index (χ3v) is 4.73. The van der Waals surface area contributed by atoms with Crippen LogP contribution in [0.15, 0.2) is 54.6 Å². The molecule has 0 aliphatic carbocycles. The molecule has 27 heavy (non-hydrogen) atoms. The number of benzene rings is 2. The van der Waals surface area contributed by atoms with Crippen molar-refractivity contribution >= 4 is 17.3 Å². The Morgan fingerprint density at radius 2 is 1.70 bits per heavy atom. The van der Waals surface area contributed by atoms with Crippen LogP contribution in [0.2, 0.25) is 0 Å². The summed E-state index contributed by atoms with van der Waals surface area (Å²) < 4.78 is 5.30. The average molecular weight is 369 g/mol. The second-order valence-electron chi connectivity index (χ2n) is 6.36. The average Bonchev–Trinajstić information content (AvgIpc) is 2.70. The maximum Gasteiger partial charge on any atom is 0.328 e. The number of nitro groups is 1. The van der Waals surface area contributed by atoms with Crippen LogP contribution in [0.25, 0.3) is 0 Å². The fourth-order valence-electron chi connectivity index (χ4n) is 3.38. The molecule has 0 saturated carbocycles. The SMILES string of the molecule is CCOC(=O)C(c1ccccc1)N1CCN(c2ccc([N+](=O)[O-])cc2)CC1. The van der Waals surface area contributed by atoms with Gasteiger partial charge in [0.05, 0.1) is 11.5 Å². The van der Waals surface area contributed by atoms with E-state index < -0.39 is 11.0 Å². The van der Waals surface area contributed by atoms with Crippen molar-refractivity contribution in [1.82, 2.24) is 4.90 Å². The summed E-state index contributed by atoms with van der Waals surface area (Å²) in [6.45, 7) is 5.04. The van der Waals surface area contributed by atoms with Gasteiger partial charge in [-0.15, -0.1) is 0 Å². The topological polar surface area (TPSA) is 75.9 Å². The van der Waals surface area contributed by atoms with E-state index >= 15 is 0 Å². The van der Waals surface area contributed by atoms with Gasteiger partial charge in [-0.1, -0.05) is 30.3 Å². The van der Waals surface area contributed by atoms with E-state index in [9.17, 15) is 14.9 Å². The van der Waals surface area contributed by atoms with Gasteiger partial charge in [-0.3, -0.25) is 15.0 Å². The number of ether oxygens (including phenoxy) is 1. The molecule has 0 radical (unpaired) electrons. The standard InChI is InChI=1S/C20H23N3O4/c1-2-27-20(24)19(16-6-4-3-5-7-16)22-14-12-21(13-15-22)17-8-10-18(11-9-17)23(25)26/h3-11,19H,2,12-15H2,1H3. The maximum absolute atomic E-state index is 12.6. The normalized spacial score (nSPS) is 16.0. The second kappa shape index (κ2) is 8.64. The molecule has 0 bridgehead atoms.